The molecule has 2 aliphatic rings. The van der Waals surface area contributed by atoms with Crippen LogP contribution in [0.4, 0.5) is 0 Å². The smallest absolute Gasteiger partial charge is 0.267 e. The molecular weight excluding hydrogens is 352 g/mol. The van der Waals surface area contributed by atoms with Crippen LogP contribution in [0.1, 0.15) is 23.3 Å². The fraction of sp³-hybridized carbons (Fsp3) is 0.368. The number of thiophene rings is 1. The van der Waals surface area contributed by atoms with Crippen LogP contribution in [0.15, 0.2) is 40.3 Å². The van der Waals surface area contributed by atoms with Gasteiger partial charge in [-0.05, 0) is 43.4 Å². The Labute approximate surface area is 153 Å². The van der Waals surface area contributed by atoms with Crippen molar-refractivity contribution in [3.8, 4) is 5.69 Å². The molecule has 0 N–H and O–H groups in total. The van der Waals surface area contributed by atoms with Gasteiger partial charge in [-0.2, -0.15) is 0 Å². The van der Waals surface area contributed by atoms with E-state index in [2.05, 4.69) is 0 Å². The summed E-state index contributed by atoms with van der Waals surface area (Å²) in [6.45, 7) is 0.818. The molecule has 1 atom stereocenters. The summed E-state index contributed by atoms with van der Waals surface area (Å²) in [5, 5.41) is 1.62. The number of hydrogen-bond donors (Lipinski definition) is 0. The molecule has 0 amide bonds. The third kappa shape index (κ3) is 2.82. The van der Waals surface area contributed by atoms with Crippen molar-refractivity contribution in [1.82, 2.24) is 9.55 Å². The van der Waals surface area contributed by atoms with Crippen molar-refractivity contribution in [2.24, 2.45) is 0 Å². The van der Waals surface area contributed by atoms with Crippen LogP contribution in [0, 0.1) is 0 Å². The Morgan fingerprint density at radius 2 is 2.04 bits per heavy atom. The second-order valence-corrected chi connectivity index (χ2v) is 8.60. The molecule has 0 bridgehead atoms. The normalized spacial score (nSPS) is 19.1. The van der Waals surface area contributed by atoms with Crippen molar-refractivity contribution in [1.29, 1.82) is 0 Å². The topological polar surface area (TPSA) is 47.4 Å². The van der Waals surface area contributed by atoms with Gasteiger partial charge in [-0.3, -0.25) is 9.36 Å². The van der Waals surface area contributed by atoms with Crippen molar-refractivity contribution in [2.45, 2.75) is 36.9 Å². The maximum Gasteiger partial charge on any atom is 0.267 e. The third-order valence-electron chi connectivity index (χ3n) is 4.77. The molecule has 3 aromatic rings. The number of ether oxygens (including phenoxy) is 1. The molecule has 5 rings (SSSR count). The largest absolute Gasteiger partial charge is 0.372 e. The van der Waals surface area contributed by atoms with Crippen LogP contribution in [0.2, 0.25) is 0 Å². The van der Waals surface area contributed by atoms with Gasteiger partial charge < -0.3 is 4.74 Å². The summed E-state index contributed by atoms with van der Waals surface area (Å²) in [5.41, 5.74) is 2.21. The van der Waals surface area contributed by atoms with E-state index >= 15 is 0 Å². The zero-order chi connectivity index (χ0) is 16.8. The first-order valence-electron chi connectivity index (χ1n) is 8.68. The molecular formula is C19H18N2O2S2. The Bertz CT molecular complexity index is 990. The molecule has 4 nitrogen and oxygen atoms in total. The van der Waals surface area contributed by atoms with E-state index in [4.69, 9.17) is 9.72 Å². The first kappa shape index (κ1) is 15.6. The van der Waals surface area contributed by atoms with Crippen LogP contribution in [0.3, 0.4) is 0 Å². The number of epoxide rings is 1. The Morgan fingerprint density at radius 1 is 1.24 bits per heavy atom. The van der Waals surface area contributed by atoms with Gasteiger partial charge in [-0.1, -0.05) is 30.0 Å². The van der Waals surface area contributed by atoms with Crippen molar-refractivity contribution >= 4 is 33.3 Å². The van der Waals surface area contributed by atoms with Crippen LogP contribution in [-0.4, -0.2) is 28.0 Å². The van der Waals surface area contributed by atoms with Gasteiger partial charge in [0.25, 0.3) is 5.56 Å². The van der Waals surface area contributed by atoms with Crippen molar-refractivity contribution < 1.29 is 4.74 Å². The lowest BCUT2D eigenvalue weighted by Gasteiger charge is -2.13. The first-order chi connectivity index (χ1) is 12.3. The maximum atomic E-state index is 13.4. The van der Waals surface area contributed by atoms with Crippen molar-refractivity contribution in [3.05, 3.63) is 51.1 Å². The van der Waals surface area contributed by atoms with Gasteiger partial charge in [0, 0.05) is 10.6 Å². The first-order valence-corrected chi connectivity index (χ1v) is 10.5. The van der Waals surface area contributed by atoms with E-state index in [1.54, 1.807) is 27.7 Å². The lowest BCUT2D eigenvalue weighted by atomic mass is 9.97. The highest BCUT2D eigenvalue weighted by Gasteiger charge is 2.26. The molecule has 1 aliphatic heterocycles. The summed E-state index contributed by atoms with van der Waals surface area (Å²) in [4.78, 5) is 20.6. The molecule has 0 unspecified atom stereocenters. The number of rotatable bonds is 4. The lowest BCUT2D eigenvalue weighted by molar-refractivity contribution is 0.426. The summed E-state index contributed by atoms with van der Waals surface area (Å²) < 4.78 is 7.12. The van der Waals surface area contributed by atoms with E-state index in [1.807, 2.05) is 30.3 Å². The number of hydrogen-bond acceptors (Lipinski definition) is 5. The molecule has 2 aromatic heterocycles. The Balaban J connectivity index is 1.73. The van der Waals surface area contributed by atoms with Gasteiger partial charge in [0.2, 0.25) is 0 Å². The number of aryl methyl sites for hydroxylation is 2. The lowest BCUT2D eigenvalue weighted by Crippen LogP contribution is -2.22. The SMILES string of the molecule is O=c1c2c3c(sc2nc(SC[C@@H]2CO2)n1-c1ccccc1)CCCC3. The van der Waals surface area contributed by atoms with Crippen LogP contribution < -0.4 is 5.56 Å². The Kier molecular flexibility index (Phi) is 3.91. The van der Waals surface area contributed by atoms with Crippen LogP contribution in [0.5, 0.6) is 0 Å². The van der Waals surface area contributed by atoms with Gasteiger partial charge in [-0.15, -0.1) is 11.3 Å². The second kappa shape index (κ2) is 6.27. The average Bonchev–Trinajstić information content (AvgIpc) is 3.39. The van der Waals surface area contributed by atoms with Gasteiger partial charge >= 0.3 is 0 Å². The summed E-state index contributed by atoms with van der Waals surface area (Å²) in [6, 6.07) is 9.86. The second-order valence-electron chi connectivity index (χ2n) is 6.53. The van der Waals surface area contributed by atoms with Gasteiger partial charge in [0.1, 0.15) is 4.83 Å². The van der Waals surface area contributed by atoms with E-state index in [9.17, 15) is 4.79 Å². The standard InChI is InChI=1S/C19H18N2O2S2/c22-18-16-14-8-4-5-9-15(14)25-17(16)20-19(24-11-13-10-23-13)21(18)12-6-2-1-3-7-12/h1-3,6-7,13H,4-5,8-11H2/t13-/m0/s1. The average molecular weight is 370 g/mol. The molecule has 0 saturated carbocycles. The minimum atomic E-state index is 0.0785. The minimum Gasteiger partial charge on any atom is -0.372 e. The summed E-state index contributed by atoms with van der Waals surface area (Å²) in [6.07, 6.45) is 4.77. The molecule has 6 heteroatoms. The molecule has 1 fully saturated rings. The van der Waals surface area contributed by atoms with E-state index in [0.29, 0.717) is 6.10 Å². The fourth-order valence-electron chi connectivity index (χ4n) is 3.42. The Morgan fingerprint density at radius 3 is 2.84 bits per heavy atom. The monoisotopic (exact) mass is 370 g/mol. The highest BCUT2D eigenvalue weighted by molar-refractivity contribution is 7.99. The number of nitrogens with zero attached hydrogens (tertiary/aromatic N) is 2. The predicted molar refractivity (Wildman–Crippen MR) is 102 cm³/mol. The number of benzene rings is 1. The maximum absolute atomic E-state index is 13.4. The van der Waals surface area contributed by atoms with Crippen molar-refractivity contribution in [3.63, 3.8) is 0 Å². The van der Waals surface area contributed by atoms with Crippen LogP contribution >= 0.6 is 23.1 Å². The molecule has 128 valence electrons. The summed E-state index contributed by atoms with van der Waals surface area (Å²) in [5.74, 6) is 0.843. The zero-order valence-corrected chi connectivity index (χ0v) is 15.4. The molecule has 1 saturated heterocycles. The van der Waals surface area contributed by atoms with E-state index < -0.39 is 0 Å². The highest BCUT2D eigenvalue weighted by Crippen LogP contribution is 2.35. The van der Waals surface area contributed by atoms with Gasteiger partial charge in [0.05, 0.1) is 23.8 Å². The summed E-state index contributed by atoms with van der Waals surface area (Å²) in [7, 11) is 0. The Hall–Kier alpha value is -1.63. The van der Waals surface area contributed by atoms with E-state index in [1.165, 1.54) is 23.3 Å². The highest BCUT2D eigenvalue weighted by atomic mass is 32.2. The zero-order valence-electron chi connectivity index (χ0n) is 13.7. The third-order valence-corrected chi connectivity index (χ3v) is 7.03. The number of thioether (sulfide) groups is 1. The fourth-order valence-corrected chi connectivity index (χ4v) is 5.73. The minimum absolute atomic E-state index is 0.0785. The molecule has 1 aromatic carbocycles. The van der Waals surface area contributed by atoms with E-state index in [0.717, 1.165) is 46.3 Å². The number of para-hydroxylation sites is 1. The van der Waals surface area contributed by atoms with E-state index in [-0.39, 0.29) is 5.56 Å². The van der Waals surface area contributed by atoms with Gasteiger partial charge in [0.15, 0.2) is 5.16 Å². The quantitative estimate of drug-likeness (QED) is 0.398. The van der Waals surface area contributed by atoms with Crippen LogP contribution in [-0.2, 0) is 17.6 Å². The number of aromatic nitrogens is 2. The molecule has 1 aliphatic carbocycles. The van der Waals surface area contributed by atoms with Crippen molar-refractivity contribution in [2.75, 3.05) is 12.4 Å². The molecule has 0 spiro atoms. The molecule has 25 heavy (non-hydrogen) atoms. The van der Waals surface area contributed by atoms with Crippen LogP contribution in [0.25, 0.3) is 15.9 Å². The molecule has 0 radical (unpaired) electrons. The predicted octanol–water partition coefficient (Wildman–Crippen LogP) is 3.82. The molecule has 3 heterocycles. The summed E-state index contributed by atoms with van der Waals surface area (Å²) >= 11 is 3.33. The number of fused-ring (bicyclic) bond motifs is 3. The van der Waals surface area contributed by atoms with Gasteiger partial charge in [-0.25, -0.2) is 4.98 Å².